The number of hydrogen-bond acceptors (Lipinski definition) is 7. The number of carbonyl (C=O) groups excluding carboxylic acids is 4. The summed E-state index contributed by atoms with van der Waals surface area (Å²) in [6, 6.07) is 13.6. The van der Waals surface area contributed by atoms with E-state index in [0.717, 1.165) is 5.56 Å². The SMILES string of the molecule is C=CCCC(=O)OC[C@@H](NC(=O)[C@@H]1[C@@H]2CC[C@]3(O2)[C@H](C(=O)N(CC=C)c2ccc(Cl)cc2)N([C@@H](CC)CO)C(=O)[C@@H]13)c1ccccc1. The van der Waals surface area contributed by atoms with Crippen molar-refractivity contribution in [3.05, 3.63) is 90.5 Å². The topological polar surface area (TPSA) is 125 Å². The maximum atomic E-state index is 14.6. The summed E-state index contributed by atoms with van der Waals surface area (Å²) in [5, 5.41) is 13.9. The van der Waals surface area contributed by atoms with Crippen LogP contribution in [-0.4, -0.2) is 77.2 Å². The predicted octanol–water partition coefficient (Wildman–Crippen LogP) is 4.37. The summed E-state index contributed by atoms with van der Waals surface area (Å²) in [6.45, 7) is 9.02. The van der Waals surface area contributed by atoms with Gasteiger partial charge in [-0.2, -0.15) is 0 Å². The Labute approximate surface area is 280 Å². The highest BCUT2D eigenvalue weighted by molar-refractivity contribution is 6.30. The molecule has 3 heterocycles. The van der Waals surface area contributed by atoms with E-state index in [-0.39, 0.29) is 32.1 Å². The van der Waals surface area contributed by atoms with E-state index in [1.165, 1.54) is 9.80 Å². The molecule has 3 fully saturated rings. The van der Waals surface area contributed by atoms with Crippen LogP contribution in [0.15, 0.2) is 79.9 Å². The van der Waals surface area contributed by atoms with E-state index < -0.39 is 59.5 Å². The Balaban J connectivity index is 1.47. The standard InChI is InChI=1S/C36H42ClN3O7/c1-4-7-13-29(42)46-22-27(23-11-9-8-10-12-23)38-33(43)30-28-18-19-36(47-28)31(30)34(44)40(25(6-3)21-41)32(36)35(45)39(20-5-2)26-16-14-24(37)15-17-26/h4-5,8-12,14-17,25,27-28,30-32,41H,1-2,6-7,13,18-22H2,3H3,(H,38,43)/t25-,27+,28-,30+,31+,32-,36+/m0/s1. The van der Waals surface area contributed by atoms with Gasteiger partial charge in [0.2, 0.25) is 11.8 Å². The third kappa shape index (κ3) is 6.59. The fourth-order valence-electron chi connectivity index (χ4n) is 7.34. The van der Waals surface area contributed by atoms with Crippen molar-refractivity contribution in [3.8, 4) is 0 Å². The van der Waals surface area contributed by atoms with Crippen molar-refractivity contribution in [3.63, 3.8) is 0 Å². The number of nitrogens with zero attached hydrogens (tertiary/aromatic N) is 2. The number of amides is 3. The highest BCUT2D eigenvalue weighted by Gasteiger charge is 2.75. The molecule has 7 atom stereocenters. The lowest BCUT2D eigenvalue weighted by atomic mass is 9.70. The minimum Gasteiger partial charge on any atom is -0.463 e. The Morgan fingerprint density at radius 2 is 1.89 bits per heavy atom. The predicted molar refractivity (Wildman–Crippen MR) is 177 cm³/mol. The van der Waals surface area contributed by atoms with Gasteiger partial charge < -0.3 is 29.7 Å². The zero-order valence-electron chi connectivity index (χ0n) is 26.6. The molecule has 0 aromatic heterocycles. The van der Waals surface area contributed by atoms with Gasteiger partial charge in [-0.3, -0.25) is 19.2 Å². The van der Waals surface area contributed by atoms with Crippen molar-refractivity contribution >= 4 is 41.0 Å². The number of rotatable bonds is 15. The molecule has 10 nitrogen and oxygen atoms in total. The Morgan fingerprint density at radius 3 is 2.53 bits per heavy atom. The van der Waals surface area contributed by atoms with Gasteiger partial charge in [0.05, 0.1) is 36.6 Å². The number of benzene rings is 2. The monoisotopic (exact) mass is 663 g/mol. The molecule has 0 aliphatic carbocycles. The zero-order valence-corrected chi connectivity index (χ0v) is 27.3. The van der Waals surface area contributed by atoms with Gasteiger partial charge in [0.15, 0.2) is 0 Å². The number of hydrogen-bond donors (Lipinski definition) is 2. The van der Waals surface area contributed by atoms with E-state index in [2.05, 4.69) is 18.5 Å². The highest BCUT2D eigenvalue weighted by atomic mass is 35.5. The van der Waals surface area contributed by atoms with Crippen LogP contribution in [0.4, 0.5) is 5.69 Å². The number of allylic oxidation sites excluding steroid dienone is 1. The quantitative estimate of drug-likeness (QED) is 0.214. The molecule has 2 aromatic carbocycles. The first kappa shape index (κ1) is 34.3. The molecule has 2 aromatic rings. The maximum Gasteiger partial charge on any atom is 0.306 e. The van der Waals surface area contributed by atoms with Gasteiger partial charge >= 0.3 is 5.97 Å². The third-order valence-electron chi connectivity index (χ3n) is 9.55. The second kappa shape index (κ2) is 14.8. The van der Waals surface area contributed by atoms with Crippen molar-refractivity contribution in [2.75, 3.05) is 24.7 Å². The molecular weight excluding hydrogens is 622 g/mol. The van der Waals surface area contributed by atoms with Gasteiger partial charge in [0.25, 0.3) is 5.91 Å². The summed E-state index contributed by atoms with van der Waals surface area (Å²) < 4.78 is 12.1. The average Bonchev–Trinajstić information content (AvgIpc) is 3.73. The second-order valence-corrected chi connectivity index (χ2v) is 12.7. The molecule has 0 unspecified atom stereocenters. The smallest absolute Gasteiger partial charge is 0.306 e. The van der Waals surface area contributed by atoms with Gasteiger partial charge in [-0.25, -0.2) is 0 Å². The van der Waals surface area contributed by atoms with Gasteiger partial charge in [0, 0.05) is 23.7 Å². The molecule has 2 bridgehead atoms. The fraction of sp³-hybridized carbons (Fsp3) is 0.444. The first-order valence-electron chi connectivity index (χ1n) is 16.1. The first-order valence-corrected chi connectivity index (χ1v) is 16.5. The molecule has 250 valence electrons. The van der Waals surface area contributed by atoms with Gasteiger partial charge in [-0.05, 0) is 55.5 Å². The number of likely N-dealkylation sites (tertiary alicyclic amines) is 1. The molecule has 2 N–H and O–H groups in total. The van der Waals surface area contributed by atoms with E-state index >= 15 is 0 Å². The number of esters is 1. The van der Waals surface area contributed by atoms with Gasteiger partial charge in [-0.15, -0.1) is 13.2 Å². The molecule has 5 rings (SSSR count). The minimum absolute atomic E-state index is 0.0962. The summed E-state index contributed by atoms with van der Waals surface area (Å²) in [5.41, 5.74) is 0.0333. The summed E-state index contributed by atoms with van der Waals surface area (Å²) in [5.74, 6) is -3.45. The van der Waals surface area contributed by atoms with E-state index in [0.29, 0.717) is 36.4 Å². The second-order valence-electron chi connectivity index (χ2n) is 12.2. The number of halogens is 1. The lowest BCUT2D eigenvalue weighted by Gasteiger charge is -2.39. The van der Waals surface area contributed by atoms with Crippen molar-refractivity contribution in [1.29, 1.82) is 0 Å². The normalized spacial score (nSPS) is 25.5. The number of ether oxygens (including phenoxy) is 2. The zero-order chi connectivity index (χ0) is 33.7. The van der Waals surface area contributed by atoms with Crippen molar-refractivity contribution in [2.45, 2.75) is 68.9 Å². The molecule has 0 radical (unpaired) electrons. The summed E-state index contributed by atoms with van der Waals surface area (Å²) in [6.07, 6.45) is 4.56. The highest BCUT2D eigenvalue weighted by Crippen LogP contribution is 2.59. The molecule has 47 heavy (non-hydrogen) atoms. The van der Waals surface area contributed by atoms with Gasteiger partial charge in [0.1, 0.15) is 18.2 Å². The van der Waals surface area contributed by atoms with Crippen LogP contribution in [0.1, 0.15) is 50.6 Å². The number of carbonyl (C=O) groups is 4. The van der Waals surface area contributed by atoms with Crippen LogP contribution in [0.2, 0.25) is 5.02 Å². The summed E-state index contributed by atoms with van der Waals surface area (Å²) >= 11 is 6.13. The largest absolute Gasteiger partial charge is 0.463 e. The van der Waals surface area contributed by atoms with Crippen molar-refractivity contribution in [2.24, 2.45) is 11.8 Å². The molecule has 1 spiro atoms. The lowest BCUT2D eigenvalue weighted by molar-refractivity contribution is -0.146. The van der Waals surface area contributed by atoms with E-state index in [9.17, 15) is 24.3 Å². The van der Waals surface area contributed by atoms with Gasteiger partial charge in [-0.1, -0.05) is 61.0 Å². The molecule has 0 saturated carbocycles. The Hall–Kier alpha value is -3.99. The number of anilines is 1. The van der Waals surface area contributed by atoms with E-state index in [1.54, 1.807) is 36.4 Å². The lowest BCUT2D eigenvalue weighted by Crippen LogP contribution is -2.59. The average molecular weight is 664 g/mol. The number of nitrogens with one attached hydrogen (secondary N) is 1. The van der Waals surface area contributed by atoms with Crippen LogP contribution in [0.3, 0.4) is 0 Å². The molecule has 3 saturated heterocycles. The number of fused-ring (bicyclic) bond motifs is 1. The van der Waals surface area contributed by atoms with Crippen LogP contribution >= 0.6 is 11.6 Å². The Morgan fingerprint density at radius 1 is 1.17 bits per heavy atom. The van der Waals surface area contributed by atoms with E-state index in [1.807, 2.05) is 37.3 Å². The van der Waals surface area contributed by atoms with Crippen molar-refractivity contribution < 1.29 is 33.8 Å². The molecule has 3 aliphatic heterocycles. The van der Waals surface area contributed by atoms with Crippen LogP contribution in [0.5, 0.6) is 0 Å². The van der Waals surface area contributed by atoms with Crippen LogP contribution in [-0.2, 0) is 28.7 Å². The van der Waals surface area contributed by atoms with E-state index in [4.69, 9.17) is 21.1 Å². The fourth-order valence-corrected chi connectivity index (χ4v) is 7.47. The summed E-state index contributed by atoms with van der Waals surface area (Å²) in [4.78, 5) is 58.6. The Kier molecular flexibility index (Phi) is 10.8. The maximum absolute atomic E-state index is 14.6. The number of aliphatic hydroxyl groups excluding tert-OH is 1. The Bertz CT molecular complexity index is 1480. The first-order chi connectivity index (χ1) is 22.7. The molecular formula is C36H42ClN3O7. The van der Waals surface area contributed by atoms with Crippen LogP contribution in [0.25, 0.3) is 0 Å². The summed E-state index contributed by atoms with van der Waals surface area (Å²) in [7, 11) is 0. The third-order valence-corrected chi connectivity index (χ3v) is 9.80. The molecule has 11 heteroatoms. The number of aliphatic hydroxyl groups is 1. The van der Waals surface area contributed by atoms with Crippen molar-refractivity contribution in [1.82, 2.24) is 10.2 Å². The minimum atomic E-state index is -1.27. The van der Waals surface area contributed by atoms with Crippen LogP contribution < -0.4 is 10.2 Å². The molecule has 3 amide bonds. The molecule has 3 aliphatic rings. The van der Waals surface area contributed by atoms with Crippen LogP contribution in [0, 0.1) is 11.8 Å².